The Balaban J connectivity index is 0.000000113. The number of fused-ring (bicyclic) bond motifs is 7. The lowest BCUT2D eigenvalue weighted by Crippen LogP contribution is -2.21. The van der Waals surface area contributed by atoms with E-state index < -0.39 is 0 Å². The van der Waals surface area contributed by atoms with Crippen LogP contribution in [-0.4, -0.2) is 211 Å². The van der Waals surface area contributed by atoms with Gasteiger partial charge < -0.3 is 52.8 Å². The Morgan fingerprint density at radius 3 is 1.01 bits per heavy atom. The van der Waals surface area contributed by atoms with Crippen molar-refractivity contribution < 1.29 is 42.7 Å². The number of hydrogen-bond donors (Lipinski definition) is 0. The summed E-state index contributed by atoms with van der Waals surface area (Å²) in [5, 5.41) is 23.7. The van der Waals surface area contributed by atoms with Gasteiger partial charge in [-0.1, -0.05) is 146 Å². The van der Waals surface area contributed by atoms with E-state index in [4.69, 9.17) is 73.5 Å². The van der Waals surface area contributed by atoms with Crippen molar-refractivity contribution in [3.63, 3.8) is 0 Å². The van der Waals surface area contributed by atoms with Crippen LogP contribution in [0, 0.1) is 0 Å². The molecule has 18 aromatic rings. The van der Waals surface area contributed by atoms with Crippen molar-refractivity contribution in [2.24, 2.45) is 0 Å². The van der Waals surface area contributed by atoms with Gasteiger partial charge >= 0.3 is 0 Å². The largest absolute Gasteiger partial charge is 0.494 e. The zero-order valence-electron chi connectivity index (χ0n) is 84.0. The van der Waals surface area contributed by atoms with Crippen molar-refractivity contribution in [1.82, 2.24) is 87.8 Å². The fourth-order valence-electron chi connectivity index (χ4n) is 20.8. The molecule has 16 heterocycles. The monoisotopic (exact) mass is 1970 g/mol. The molecule has 7 aliphatic rings. The zero-order valence-corrected chi connectivity index (χ0v) is 84.0. The molecule has 25 rings (SSSR count). The fraction of sp³-hybridized carbons (Fsp3) is 0.314. The summed E-state index contributed by atoms with van der Waals surface area (Å²) in [5.41, 5.74) is 22.2. The van der Waals surface area contributed by atoms with Gasteiger partial charge in [-0.3, -0.25) is 14.3 Å². The molecule has 27 nitrogen and oxygen atoms in total. The number of likely N-dealkylation sites (tertiary alicyclic amines) is 4. The van der Waals surface area contributed by atoms with Crippen LogP contribution < -0.4 is 33.2 Å². The molecule has 0 N–H and O–H groups in total. The van der Waals surface area contributed by atoms with Gasteiger partial charge in [0.25, 0.3) is 0 Å². The number of hydrogen-bond acceptors (Lipinski definition) is 22. The van der Waals surface area contributed by atoms with Gasteiger partial charge in [-0.2, -0.15) is 25.5 Å². The summed E-state index contributed by atoms with van der Waals surface area (Å²) in [5.74, 6) is 8.00. The molecule has 0 radical (unpaired) electrons. The molecule has 0 aliphatic carbocycles. The average molecular weight is 1970 g/mol. The highest BCUT2D eigenvalue weighted by molar-refractivity contribution is 6.10. The highest BCUT2D eigenvalue weighted by Gasteiger charge is 2.26. The van der Waals surface area contributed by atoms with Gasteiger partial charge in [0.1, 0.15) is 19.0 Å². The molecule has 0 atom stereocenters. The number of carbonyl (C=O) groups excluding carboxylic acids is 2. The Morgan fingerprint density at radius 2 is 0.622 bits per heavy atom. The summed E-state index contributed by atoms with van der Waals surface area (Å²) in [6, 6.07) is 90.9. The second-order valence-electron chi connectivity index (χ2n) is 39.2. The van der Waals surface area contributed by atoms with E-state index in [1.165, 1.54) is 176 Å². The van der Waals surface area contributed by atoms with Crippen molar-refractivity contribution >= 4 is 34.2 Å². The Bertz CT molecular complexity index is 7370. The van der Waals surface area contributed by atoms with Gasteiger partial charge in [-0.15, -0.1) is 0 Å². The Kier molecular flexibility index (Phi) is 30.5. The summed E-state index contributed by atoms with van der Waals surface area (Å²) in [6.07, 6.45) is 25.6. The van der Waals surface area contributed by atoms with Gasteiger partial charge in [0.15, 0.2) is 91.9 Å². The fourth-order valence-corrected chi connectivity index (χ4v) is 20.8. The first-order valence-corrected chi connectivity index (χ1v) is 52.7. The minimum absolute atomic E-state index is 0.0731. The second-order valence-corrected chi connectivity index (χ2v) is 39.2. The van der Waals surface area contributed by atoms with Crippen molar-refractivity contribution in [3.05, 3.63) is 370 Å². The molecule has 752 valence electrons. The first-order valence-electron chi connectivity index (χ1n) is 52.7. The van der Waals surface area contributed by atoms with E-state index in [1.54, 1.807) is 36.4 Å². The molecule has 0 bridgehead atoms. The molecule has 0 saturated carbocycles. The average Bonchev–Trinajstić information content (AvgIpc) is 1.37. The highest BCUT2D eigenvalue weighted by atomic mass is 16.7. The van der Waals surface area contributed by atoms with Crippen LogP contribution in [0.3, 0.4) is 0 Å². The molecular formula is C121H124N18O9. The third-order valence-corrected chi connectivity index (χ3v) is 28.8. The molecule has 148 heavy (non-hydrogen) atoms. The van der Waals surface area contributed by atoms with Crippen LogP contribution >= 0.6 is 0 Å². The van der Waals surface area contributed by atoms with Gasteiger partial charge in [0, 0.05) is 89.5 Å². The number of pyridine rings is 4. The van der Waals surface area contributed by atoms with Crippen LogP contribution in [0.1, 0.15) is 178 Å². The number of aryl methyl sites for hydroxylation is 4. The maximum atomic E-state index is 13.3. The zero-order chi connectivity index (χ0) is 99.7. The van der Waals surface area contributed by atoms with E-state index in [9.17, 15) is 9.59 Å². The lowest BCUT2D eigenvalue weighted by molar-refractivity contribution is 0.103. The Hall–Kier alpha value is -15.6. The number of ketones is 2. The Labute approximate surface area is 862 Å². The van der Waals surface area contributed by atoms with Gasteiger partial charge in [0.05, 0.1) is 35.6 Å². The van der Waals surface area contributed by atoms with Gasteiger partial charge in [-0.25, -0.2) is 38.0 Å². The van der Waals surface area contributed by atoms with Crippen molar-refractivity contribution in [1.29, 1.82) is 0 Å². The van der Waals surface area contributed by atoms with Crippen molar-refractivity contribution in [2.75, 3.05) is 112 Å². The van der Waals surface area contributed by atoms with Crippen LogP contribution in [0.15, 0.2) is 285 Å². The molecule has 4 saturated heterocycles. The van der Waals surface area contributed by atoms with Crippen LogP contribution in [-0.2, 0) is 51.5 Å². The molecule has 9 aromatic heterocycles. The van der Waals surface area contributed by atoms with Gasteiger partial charge in [-0.05, 0) is 342 Å². The summed E-state index contributed by atoms with van der Waals surface area (Å²) in [6.45, 7) is 20.1. The molecule has 27 heteroatoms. The standard InChI is InChI=1S/2C34H32N4O3.C28H30N4O3.C25H30N6/c2*39-34(28-15-16-30-31(22-28)41-23-40-30)27-8-3-7-26(21-27)29-9-4-10-33-35-32(36-38(29)33)20-25-13-11-24(12-14-25)6-5-19-37-17-1-2-18-37;1-2-14-31(13-1)15-4-16-33-23-10-7-21(8-11-23)19-27-29-28-6-3-5-24(32(28)30-27)22-9-12-25-26(20-22)35-18-17-34-25;1-2-30-19-22(18-26-30)23-8-5-9-25-27-24(28-31(23)25)17-21-12-10-20(11-13-21)7-6-16-29-14-3-4-15-29/h2*3-4,7-16,21-22H,1-2,5-6,17-20,23H2;3,5-12,20H,1-2,4,13-19H2;5,8-13,18-19H,2-4,6-7,14-17H2,1H3. The van der Waals surface area contributed by atoms with Gasteiger partial charge in [0.2, 0.25) is 13.6 Å². The summed E-state index contributed by atoms with van der Waals surface area (Å²) in [7, 11) is 0. The van der Waals surface area contributed by atoms with Crippen LogP contribution in [0.2, 0.25) is 0 Å². The molecule has 4 fully saturated rings. The smallest absolute Gasteiger partial charge is 0.231 e. The normalized spacial score (nSPS) is 14.8. The molecule has 0 spiro atoms. The SMILES string of the molecule is CCn1cc(-c2cccc3nc(Cc4ccc(CCCN5CCCC5)cc4)nn23)cn1.O=C(c1cccc(-c2cccc3nc(Cc4ccc(CCCN5CCCC5)cc4)nn23)c1)c1ccc2c(c1)OCO2.O=C(c1cccc(-c2cccc3nc(Cc4ccc(CCCN5CCCC5)cc4)nn23)c1)c1ccc2c(c1)OCO2.c1cc(-c2ccc3c(c2)OCCO3)n2nc(Cc3ccc(OCCCN4CCCC4)cc3)nc2c1. The first-order chi connectivity index (χ1) is 73.0. The number of benzene rings is 9. The summed E-state index contributed by atoms with van der Waals surface area (Å²) < 4.78 is 48.5. The van der Waals surface area contributed by atoms with Crippen molar-refractivity contribution in [2.45, 2.75) is 135 Å². The van der Waals surface area contributed by atoms with Crippen molar-refractivity contribution in [3.8, 4) is 85.3 Å². The lowest BCUT2D eigenvalue weighted by Gasteiger charge is -2.19. The number of nitrogens with zero attached hydrogens (tertiary/aromatic N) is 18. The van der Waals surface area contributed by atoms with E-state index in [-0.39, 0.29) is 25.2 Å². The van der Waals surface area contributed by atoms with E-state index in [0.29, 0.717) is 77.7 Å². The molecule has 7 aliphatic heterocycles. The molecule has 0 unspecified atom stereocenters. The minimum Gasteiger partial charge on any atom is -0.494 e. The van der Waals surface area contributed by atoms with E-state index >= 15 is 0 Å². The minimum atomic E-state index is -0.0731. The van der Waals surface area contributed by atoms with Crippen LogP contribution in [0.5, 0.6) is 40.2 Å². The Morgan fingerprint density at radius 1 is 0.304 bits per heavy atom. The van der Waals surface area contributed by atoms with Crippen LogP contribution in [0.4, 0.5) is 0 Å². The third kappa shape index (κ3) is 23.9. The topological polar surface area (TPSA) is 250 Å². The molecule has 0 amide bonds. The number of ether oxygens (including phenoxy) is 7. The first kappa shape index (κ1) is 97.2. The maximum absolute atomic E-state index is 13.3. The van der Waals surface area contributed by atoms with E-state index in [1.807, 2.05) is 175 Å². The summed E-state index contributed by atoms with van der Waals surface area (Å²) >= 11 is 0. The lowest BCUT2D eigenvalue weighted by atomic mass is 10.00. The quantitative estimate of drug-likeness (QED) is 0.0268. The number of carbonyl (C=O) groups is 2. The second kappa shape index (κ2) is 46.4. The van der Waals surface area contributed by atoms with Crippen LogP contribution in [0.25, 0.3) is 67.6 Å². The third-order valence-electron chi connectivity index (χ3n) is 28.8. The number of aromatic nitrogens is 14. The predicted octanol–water partition coefficient (Wildman–Crippen LogP) is 20.8. The molecule has 9 aromatic carbocycles. The number of rotatable bonds is 34. The summed E-state index contributed by atoms with van der Waals surface area (Å²) in [4.78, 5) is 56.0. The van der Waals surface area contributed by atoms with E-state index in [2.05, 4.69) is 129 Å². The maximum Gasteiger partial charge on any atom is 0.231 e. The highest BCUT2D eigenvalue weighted by Crippen LogP contribution is 2.39. The molecular weight excluding hydrogens is 1850 g/mol. The van der Waals surface area contributed by atoms with E-state index in [0.717, 1.165) is 166 Å². The predicted molar refractivity (Wildman–Crippen MR) is 573 cm³/mol.